The maximum Gasteiger partial charge on any atom is 0.228 e. The number of rotatable bonds is 6. The van der Waals surface area contributed by atoms with E-state index in [2.05, 4.69) is 24.1 Å². The van der Waals surface area contributed by atoms with Crippen LogP contribution in [0, 0.1) is 5.92 Å². The van der Waals surface area contributed by atoms with Gasteiger partial charge in [0.1, 0.15) is 0 Å². The van der Waals surface area contributed by atoms with Crippen molar-refractivity contribution in [3.63, 3.8) is 0 Å². The number of carbonyl (C=O) groups is 1. The van der Waals surface area contributed by atoms with E-state index in [4.69, 9.17) is 0 Å². The van der Waals surface area contributed by atoms with Crippen LogP contribution in [0.2, 0.25) is 0 Å². The van der Waals surface area contributed by atoms with Gasteiger partial charge in [-0.3, -0.25) is 4.79 Å². The summed E-state index contributed by atoms with van der Waals surface area (Å²) in [4.78, 5) is 15.5. The van der Waals surface area contributed by atoms with Gasteiger partial charge in [0.05, 0.1) is 5.92 Å². The quantitative estimate of drug-likeness (QED) is 0.829. The molecule has 1 aromatic heterocycles. The van der Waals surface area contributed by atoms with Gasteiger partial charge in [-0.2, -0.15) is 0 Å². The van der Waals surface area contributed by atoms with Gasteiger partial charge < -0.3 is 10.3 Å². The molecule has 0 saturated carbocycles. The van der Waals surface area contributed by atoms with Crippen molar-refractivity contribution >= 4 is 5.91 Å². The number of hydrogen-bond acceptors (Lipinski definition) is 1. The molecule has 1 heterocycles. The molecule has 1 amide bonds. The summed E-state index contributed by atoms with van der Waals surface area (Å²) in [6, 6.07) is 12.0. The highest BCUT2D eigenvalue weighted by Gasteiger charge is 2.25. The van der Waals surface area contributed by atoms with Crippen molar-refractivity contribution in [3.05, 3.63) is 59.9 Å². The highest BCUT2D eigenvalue weighted by molar-refractivity contribution is 5.83. The Bertz CT molecular complexity index is 519. The second-order valence-corrected chi connectivity index (χ2v) is 5.21. The smallest absolute Gasteiger partial charge is 0.228 e. The van der Waals surface area contributed by atoms with Crippen LogP contribution >= 0.6 is 0 Å². The maximum absolute atomic E-state index is 12.5. The Kier molecular flexibility index (Phi) is 4.99. The minimum Gasteiger partial charge on any atom is -0.367 e. The third-order valence-electron chi connectivity index (χ3n) is 3.78. The van der Waals surface area contributed by atoms with Gasteiger partial charge in [-0.15, -0.1) is 0 Å². The lowest BCUT2D eigenvalue weighted by molar-refractivity contribution is -0.123. The Morgan fingerprint density at radius 3 is 2.60 bits per heavy atom. The van der Waals surface area contributed by atoms with E-state index in [0.29, 0.717) is 12.5 Å². The van der Waals surface area contributed by atoms with Gasteiger partial charge in [-0.1, -0.05) is 50.6 Å². The van der Waals surface area contributed by atoms with Gasteiger partial charge in [0.15, 0.2) is 0 Å². The van der Waals surface area contributed by atoms with Crippen LogP contribution < -0.4 is 5.32 Å². The minimum atomic E-state index is -0.0832. The first-order chi connectivity index (χ1) is 9.72. The molecule has 0 radical (unpaired) electrons. The van der Waals surface area contributed by atoms with Crippen molar-refractivity contribution in [1.29, 1.82) is 0 Å². The summed E-state index contributed by atoms with van der Waals surface area (Å²) in [6.45, 7) is 4.83. The molecule has 106 valence electrons. The van der Waals surface area contributed by atoms with Crippen molar-refractivity contribution in [2.24, 2.45) is 5.92 Å². The van der Waals surface area contributed by atoms with Gasteiger partial charge in [-0.05, 0) is 23.1 Å². The molecule has 2 rings (SSSR count). The molecule has 0 aliphatic rings. The molecule has 0 aliphatic carbocycles. The molecule has 20 heavy (non-hydrogen) atoms. The Morgan fingerprint density at radius 1 is 1.25 bits per heavy atom. The molecule has 2 aromatic rings. The van der Waals surface area contributed by atoms with Crippen LogP contribution in [0.15, 0.2) is 48.8 Å². The fourth-order valence-corrected chi connectivity index (χ4v) is 2.40. The molecule has 0 saturated heterocycles. The summed E-state index contributed by atoms with van der Waals surface area (Å²) in [7, 11) is 0. The normalized spacial score (nSPS) is 13.7. The van der Waals surface area contributed by atoms with Crippen molar-refractivity contribution in [2.45, 2.75) is 32.7 Å². The average Bonchev–Trinajstić information content (AvgIpc) is 2.99. The van der Waals surface area contributed by atoms with Crippen molar-refractivity contribution < 1.29 is 4.79 Å². The van der Waals surface area contributed by atoms with Crippen molar-refractivity contribution in [1.82, 2.24) is 10.3 Å². The molecule has 2 N–H and O–H groups in total. The van der Waals surface area contributed by atoms with Gasteiger partial charge >= 0.3 is 0 Å². The van der Waals surface area contributed by atoms with Crippen LogP contribution in [-0.4, -0.2) is 10.9 Å². The Hall–Kier alpha value is -2.03. The van der Waals surface area contributed by atoms with Crippen LogP contribution in [0.25, 0.3) is 0 Å². The lowest BCUT2D eigenvalue weighted by atomic mass is 9.85. The van der Waals surface area contributed by atoms with Crippen molar-refractivity contribution in [3.8, 4) is 0 Å². The number of H-pyrrole nitrogens is 1. The highest BCUT2D eigenvalue weighted by Crippen LogP contribution is 2.27. The van der Waals surface area contributed by atoms with Crippen LogP contribution in [0.1, 0.15) is 37.3 Å². The molecule has 2 atom stereocenters. The molecule has 1 aromatic carbocycles. The summed E-state index contributed by atoms with van der Waals surface area (Å²) < 4.78 is 0. The van der Waals surface area contributed by atoms with Crippen LogP contribution in [0.5, 0.6) is 0 Å². The van der Waals surface area contributed by atoms with E-state index in [1.165, 1.54) is 0 Å². The molecule has 0 spiro atoms. The number of amides is 1. The number of benzene rings is 1. The van der Waals surface area contributed by atoms with Crippen molar-refractivity contribution in [2.75, 3.05) is 0 Å². The first-order valence-corrected chi connectivity index (χ1v) is 7.16. The monoisotopic (exact) mass is 270 g/mol. The van der Waals surface area contributed by atoms with Gasteiger partial charge in [-0.25, -0.2) is 0 Å². The average molecular weight is 270 g/mol. The second-order valence-electron chi connectivity index (χ2n) is 5.21. The van der Waals surface area contributed by atoms with E-state index in [9.17, 15) is 4.79 Å². The third kappa shape index (κ3) is 3.50. The summed E-state index contributed by atoms with van der Waals surface area (Å²) in [5, 5.41) is 3.04. The summed E-state index contributed by atoms with van der Waals surface area (Å²) >= 11 is 0. The van der Waals surface area contributed by atoms with E-state index in [1.807, 2.05) is 48.8 Å². The SMILES string of the molecule is CCC(C)C(C(=O)NCc1cc[nH]c1)c1ccccc1. The highest BCUT2D eigenvalue weighted by atomic mass is 16.1. The molecule has 2 unspecified atom stereocenters. The Labute approximate surface area is 120 Å². The zero-order chi connectivity index (χ0) is 14.4. The topological polar surface area (TPSA) is 44.9 Å². The predicted octanol–water partition coefficient (Wildman–Crippen LogP) is 3.46. The predicted molar refractivity (Wildman–Crippen MR) is 81.3 cm³/mol. The van der Waals surface area contributed by atoms with Crippen LogP contribution in [-0.2, 0) is 11.3 Å². The zero-order valence-corrected chi connectivity index (χ0v) is 12.1. The first-order valence-electron chi connectivity index (χ1n) is 7.16. The van der Waals surface area contributed by atoms with E-state index in [1.54, 1.807) is 0 Å². The largest absolute Gasteiger partial charge is 0.367 e. The molecule has 0 aliphatic heterocycles. The van der Waals surface area contributed by atoms with E-state index >= 15 is 0 Å². The Morgan fingerprint density at radius 2 is 2.00 bits per heavy atom. The van der Waals surface area contributed by atoms with E-state index in [0.717, 1.165) is 17.5 Å². The molecular formula is C17H22N2O. The van der Waals surface area contributed by atoms with Crippen LogP contribution in [0.4, 0.5) is 0 Å². The Balaban J connectivity index is 2.08. The number of carbonyl (C=O) groups excluding carboxylic acids is 1. The standard InChI is InChI=1S/C17H22N2O/c1-3-13(2)16(15-7-5-4-6-8-15)17(20)19-12-14-9-10-18-11-14/h4-11,13,16,18H,3,12H2,1-2H3,(H,19,20). The van der Waals surface area contributed by atoms with Gasteiger partial charge in [0.2, 0.25) is 5.91 Å². The summed E-state index contributed by atoms with van der Waals surface area (Å²) in [5.41, 5.74) is 2.18. The number of nitrogens with one attached hydrogen (secondary N) is 2. The van der Waals surface area contributed by atoms with E-state index < -0.39 is 0 Å². The fourth-order valence-electron chi connectivity index (χ4n) is 2.40. The number of hydrogen-bond donors (Lipinski definition) is 2. The second kappa shape index (κ2) is 6.94. The molecule has 0 fully saturated rings. The minimum absolute atomic E-state index is 0.0832. The first kappa shape index (κ1) is 14.4. The van der Waals surface area contributed by atoms with Crippen LogP contribution in [0.3, 0.4) is 0 Å². The van der Waals surface area contributed by atoms with E-state index in [-0.39, 0.29) is 11.8 Å². The molecule has 3 nitrogen and oxygen atoms in total. The molecule has 3 heteroatoms. The van der Waals surface area contributed by atoms with Gasteiger partial charge in [0.25, 0.3) is 0 Å². The number of aromatic amines is 1. The fraction of sp³-hybridized carbons (Fsp3) is 0.353. The molecule has 0 bridgehead atoms. The third-order valence-corrected chi connectivity index (χ3v) is 3.78. The maximum atomic E-state index is 12.5. The lowest BCUT2D eigenvalue weighted by Gasteiger charge is -2.22. The molecular weight excluding hydrogens is 248 g/mol. The lowest BCUT2D eigenvalue weighted by Crippen LogP contribution is -2.32. The zero-order valence-electron chi connectivity index (χ0n) is 12.1. The summed E-state index contributed by atoms with van der Waals surface area (Å²) in [5.74, 6) is 0.343. The number of aromatic nitrogens is 1. The summed E-state index contributed by atoms with van der Waals surface area (Å²) in [6.07, 6.45) is 4.75. The van der Waals surface area contributed by atoms with Gasteiger partial charge in [0, 0.05) is 18.9 Å².